The van der Waals surface area contributed by atoms with Crippen LogP contribution in [0, 0.1) is 35.0 Å². The number of anilines is 1. The molecule has 3 fully saturated rings. The van der Waals surface area contributed by atoms with Gasteiger partial charge in [-0.25, -0.2) is 4.31 Å². The summed E-state index contributed by atoms with van der Waals surface area (Å²) in [6.45, 7) is 12.8. The van der Waals surface area contributed by atoms with E-state index in [-0.39, 0.29) is 16.9 Å². The van der Waals surface area contributed by atoms with Crippen molar-refractivity contribution in [3.63, 3.8) is 0 Å². The van der Waals surface area contributed by atoms with Crippen LogP contribution in [0.2, 0.25) is 0 Å². The molecule has 5 atom stereocenters. The molecule has 1 aromatic rings. The van der Waals surface area contributed by atoms with E-state index in [2.05, 4.69) is 52.6 Å². The standard InChI is InChI=1S/C29H38N2O2S.C6H10/c1-29-18-25(19-3-6-21(7-4-19)30-13-15-31(34-2)16-14-30)28-23-10-8-22(32)17-20(23)5-9-24(28)26(29)11-12-27(29)33;1-5-6(2,3)4/h3-4,6-7,17,24-27,33H,5,8-16,18H2,1-2H3;1H,2-4H3. The quantitative estimate of drug-likeness (QED) is 0.318. The Morgan fingerprint density at radius 2 is 1.70 bits per heavy atom. The average molecular weight is 561 g/mol. The van der Waals surface area contributed by atoms with E-state index in [0.29, 0.717) is 30.0 Å². The number of aliphatic hydroxyl groups excluding tert-OH is 1. The normalized spacial score (nSPS) is 32.3. The maximum absolute atomic E-state index is 12.2. The molecule has 0 bridgehead atoms. The zero-order chi connectivity index (χ0) is 28.7. The fourth-order valence-corrected chi connectivity index (χ4v) is 8.51. The summed E-state index contributed by atoms with van der Waals surface area (Å²) in [7, 11) is 0. The number of terminal acetylenes is 1. The summed E-state index contributed by atoms with van der Waals surface area (Å²) < 4.78 is 2.44. The minimum Gasteiger partial charge on any atom is -0.393 e. The molecule has 0 amide bonds. The van der Waals surface area contributed by atoms with Crippen molar-refractivity contribution < 1.29 is 9.90 Å². The van der Waals surface area contributed by atoms with Gasteiger partial charge >= 0.3 is 0 Å². The fraction of sp³-hybridized carbons (Fsp3) is 0.629. The molecule has 40 heavy (non-hydrogen) atoms. The van der Waals surface area contributed by atoms with Gasteiger partial charge in [0.2, 0.25) is 0 Å². The highest BCUT2D eigenvalue weighted by Crippen LogP contribution is 2.63. The van der Waals surface area contributed by atoms with Crippen LogP contribution in [0.25, 0.3) is 0 Å². The number of carbonyl (C=O) groups is 1. The van der Waals surface area contributed by atoms with Gasteiger partial charge in [0, 0.05) is 49.6 Å². The molecular formula is C35H48N2O2S. The second-order valence-corrected chi connectivity index (χ2v) is 14.6. The molecule has 4 aliphatic carbocycles. The zero-order valence-corrected chi connectivity index (χ0v) is 26.0. The van der Waals surface area contributed by atoms with E-state index in [1.54, 1.807) is 5.57 Å². The largest absolute Gasteiger partial charge is 0.393 e. The van der Waals surface area contributed by atoms with Gasteiger partial charge in [-0.2, -0.15) is 0 Å². The molecule has 6 rings (SSSR count). The number of fused-ring (bicyclic) bond motifs is 4. The SMILES string of the molecule is C#CC(C)(C)C.CSN1CCN(c2ccc(C3CC4(C)C(O)CCC4C4CCC5=CC(=O)CCC5=C34)cc2)CC1. The van der Waals surface area contributed by atoms with Crippen LogP contribution in [0.3, 0.4) is 0 Å². The third-order valence-corrected chi connectivity index (χ3v) is 11.2. The van der Waals surface area contributed by atoms with Gasteiger partial charge in [-0.15, -0.1) is 12.3 Å². The lowest BCUT2D eigenvalue weighted by molar-refractivity contribution is -0.114. The van der Waals surface area contributed by atoms with Crippen molar-refractivity contribution in [2.45, 2.75) is 84.7 Å². The maximum atomic E-state index is 12.2. The van der Waals surface area contributed by atoms with Gasteiger partial charge in [0.15, 0.2) is 5.78 Å². The summed E-state index contributed by atoms with van der Waals surface area (Å²) in [6, 6.07) is 9.38. The topological polar surface area (TPSA) is 43.8 Å². The Labute approximate surface area is 246 Å². The Balaban J connectivity index is 0.000000487. The molecule has 0 aromatic heterocycles. The lowest BCUT2D eigenvalue weighted by Gasteiger charge is -2.52. The second kappa shape index (κ2) is 11.7. The average Bonchev–Trinajstić information content (AvgIpc) is 3.26. The highest BCUT2D eigenvalue weighted by Gasteiger charge is 2.56. The number of hydrogen-bond acceptors (Lipinski definition) is 5. The Hall–Kier alpha value is -2.00. The summed E-state index contributed by atoms with van der Waals surface area (Å²) in [4.78, 5) is 14.7. The van der Waals surface area contributed by atoms with Crippen LogP contribution in [0.4, 0.5) is 5.69 Å². The van der Waals surface area contributed by atoms with E-state index < -0.39 is 0 Å². The number of aliphatic hydroxyl groups is 1. The molecule has 1 aliphatic heterocycles. The van der Waals surface area contributed by atoms with E-state index in [1.807, 2.05) is 38.8 Å². The Bertz CT molecular complexity index is 1200. The Morgan fingerprint density at radius 3 is 2.33 bits per heavy atom. The van der Waals surface area contributed by atoms with Gasteiger partial charge in [-0.3, -0.25) is 4.79 Å². The number of carbonyl (C=O) groups excluding carboxylic acids is 1. The number of ketones is 1. The van der Waals surface area contributed by atoms with Gasteiger partial charge in [-0.05, 0) is 118 Å². The molecule has 5 heteroatoms. The van der Waals surface area contributed by atoms with E-state index in [1.165, 1.54) is 22.4 Å². The molecule has 1 heterocycles. The van der Waals surface area contributed by atoms with Crippen LogP contribution in [0.5, 0.6) is 0 Å². The number of nitrogens with zero attached hydrogens (tertiary/aromatic N) is 2. The van der Waals surface area contributed by atoms with Crippen molar-refractivity contribution in [3.05, 3.63) is 52.6 Å². The van der Waals surface area contributed by atoms with Crippen LogP contribution >= 0.6 is 11.9 Å². The monoisotopic (exact) mass is 560 g/mol. The first-order valence-corrected chi connectivity index (χ1v) is 16.5. The van der Waals surface area contributed by atoms with Crippen molar-refractivity contribution in [3.8, 4) is 12.3 Å². The minimum atomic E-state index is -0.191. The molecule has 216 valence electrons. The van der Waals surface area contributed by atoms with Crippen molar-refractivity contribution in [2.24, 2.45) is 22.7 Å². The number of benzene rings is 1. The lowest BCUT2D eigenvalue weighted by Crippen LogP contribution is -2.45. The van der Waals surface area contributed by atoms with Crippen LogP contribution in [0.15, 0.2) is 47.1 Å². The molecule has 0 spiro atoms. The van der Waals surface area contributed by atoms with Crippen molar-refractivity contribution >= 4 is 23.4 Å². The summed E-state index contributed by atoms with van der Waals surface area (Å²) in [5.74, 6) is 4.39. The molecule has 5 aliphatic rings. The molecular weight excluding hydrogens is 512 g/mol. The van der Waals surface area contributed by atoms with Gasteiger partial charge < -0.3 is 10.0 Å². The third kappa shape index (κ3) is 5.83. The third-order valence-electron chi connectivity index (χ3n) is 10.3. The first-order chi connectivity index (χ1) is 19.0. The summed E-state index contributed by atoms with van der Waals surface area (Å²) >= 11 is 1.85. The molecule has 1 N–H and O–H groups in total. The van der Waals surface area contributed by atoms with E-state index >= 15 is 0 Å². The first-order valence-electron chi connectivity index (χ1n) is 15.3. The van der Waals surface area contributed by atoms with E-state index in [4.69, 9.17) is 6.42 Å². The molecule has 1 aromatic carbocycles. The molecule has 4 nitrogen and oxygen atoms in total. The number of hydrogen-bond donors (Lipinski definition) is 1. The molecule has 5 unspecified atom stereocenters. The van der Waals surface area contributed by atoms with Crippen molar-refractivity contribution in [2.75, 3.05) is 37.3 Å². The number of allylic oxidation sites excluding steroid dienone is 4. The van der Waals surface area contributed by atoms with Gasteiger partial charge in [0.05, 0.1) is 6.10 Å². The number of piperazine rings is 1. The van der Waals surface area contributed by atoms with Crippen LogP contribution < -0.4 is 4.90 Å². The van der Waals surface area contributed by atoms with Crippen molar-refractivity contribution in [1.82, 2.24) is 4.31 Å². The smallest absolute Gasteiger partial charge is 0.156 e. The lowest BCUT2D eigenvalue weighted by atomic mass is 9.53. The minimum absolute atomic E-state index is 0.00207. The molecule has 1 saturated heterocycles. The van der Waals surface area contributed by atoms with Gasteiger partial charge in [-0.1, -0.05) is 36.6 Å². The van der Waals surface area contributed by atoms with Crippen LogP contribution in [-0.4, -0.2) is 53.7 Å². The predicted molar refractivity (Wildman–Crippen MR) is 168 cm³/mol. The maximum Gasteiger partial charge on any atom is 0.156 e. The second-order valence-electron chi connectivity index (χ2n) is 13.8. The predicted octanol–water partition coefficient (Wildman–Crippen LogP) is 7.01. The number of rotatable bonds is 3. The summed E-state index contributed by atoms with van der Waals surface area (Å²) in [5.41, 5.74) is 7.24. The Kier molecular flexibility index (Phi) is 8.63. The zero-order valence-electron chi connectivity index (χ0n) is 25.2. The Morgan fingerprint density at radius 1 is 1.02 bits per heavy atom. The summed E-state index contributed by atoms with van der Waals surface area (Å²) in [5, 5.41) is 11.1. The van der Waals surface area contributed by atoms with Crippen molar-refractivity contribution in [1.29, 1.82) is 0 Å². The van der Waals surface area contributed by atoms with E-state index in [0.717, 1.165) is 64.7 Å². The van der Waals surface area contributed by atoms with Crippen LogP contribution in [0.1, 0.15) is 84.1 Å². The van der Waals surface area contributed by atoms with Gasteiger partial charge in [0.1, 0.15) is 0 Å². The molecule has 2 saturated carbocycles. The highest BCUT2D eigenvalue weighted by atomic mass is 32.2. The van der Waals surface area contributed by atoms with E-state index in [9.17, 15) is 9.90 Å². The fourth-order valence-electron chi connectivity index (χ4n) is 7.98. The highest BCUT2D eigenvalue weighted by molar-refractivity contribution is 7.96. The van der Waals surface area contributed by atoms with Crippen LogP contribution in [-0.2, 0) is 4.79 Å². The summed E-state index contributed by atoms with van der Waals surface area (Å²) in [6.07, 6.45) is 15.8. The van der Waals surface area contributed by atoms with Gasteiger partial charge in [0.25, 0.3) is 0 Å². The molecule has 0 radical (unpaired) electrons. The first kappa shape index (κ1) is 29.5.